The van der Waals surface area contributed by atoms with E-state index in [0.717, 1.165) is 12.0 Å². The van der Waals surface area contributed by atoms with Crippen molar-refractivity contribution in [3.8, 4) is 0 Å². The molecule has 0 fully saturated rings. The van der Waals surface area contributed by atoms with Crippen LogP contribution in [0.1, 0.15) is 30.6 Å². The third kappa shape index (κ3) is 1.43. The second-order valence-electron chi connectivity index (χ2n) is 2.82. The van der Waals surface area contributed by atoms with Crippen molar-refractivity contribution >= 4 is 0 Å². The molecular formula is C8H15N3. The molecule has 2 N–H and O–H groups in total. The molecule has 0 amide bonds. The van der Waals surface area contributed by atoms with Gasteiger partial charge in [-0.2, -0.15) is 5.10 Å². The van der Waals surface area contributed by atoms with E-state index in [0.29, 0.717) is 0 Å². The fourth-order valence-electron chi connectivity index (χ4n) is 1.10. The zero-order chi connectivity index (χ0) is 8.43. The molecule has 0 aliphatic heterocycles. The number of hydrogen-bond acceptors (Lipinski definition) is 2. The summed E-state index contributed by atoms with van der Waals surface area (Å²) in [4.78, 5) is 0. The molecule has 1 aromatic heterocycles. The van der Waals surface area contributed by atoms with Crippen LogP contribution in [0.5, 0.6) is 0 Å². The summed E-state index contributed by atoms with van der Waals surface area (Å²) in [6, 6.07) is 0.142. The van der Waals surface area contributed by atoms with Crippen LogP contribution in [0, 0.1) is 6.92 Å². The summed E-state index contributed by atoms with van der Waals surface area (Å²) in [5.41, 5.74) is 8.18. The maximum Gasteiger partial charge on any atom is 0.0540 e. The molecule has 0 unspecified atom stereocenters. The van der Waals surface area contributed by atoms with Crippen molar-refractivity contribution in [1.29, 1.82) is 0 Å². The average Bonchev–Trinajstić information content (AvgIpc) is 2.32. The molecule has 0 aliphatic carbocycles. The van der Waals surface area contributed by atoms with Gasteiger partial charge < -0.3 is 5.73 Å². The van der Waals surface area contributed by atoms with E-state index in [1.807, 2.05) is 24.9 Å². The number of nitrogens with two attached hydrogens (primary N) is 1. The lowest BCUT2D eigenvalue weighted by Crippen LogP contribution is -2.09. The second-order valence-corrected chi connectivity index (χ2v) is 2.82. The Labute approximate surface area is 67.2 Å². The molecular weight excluding hydrogens is 138 g/mol. The Balaban J connectivity index is 2.94. The third-order valence-corrected chi connectivity index (χ3v) is 2.11. The Morgan fingerprint density at radius 3 is 2.73 bits per heavy atom. The summed E-state index contributed by atoms with van der Waals surface area (Å²) in [5, 5.41) is 4.12. The van der Waals surface area contributed by atoms with Gasteiger partial charge in [0.1, 0.15) is 0 Å². The van der Waals surface area contributed by atoms with Gasteiger partial charge in [0.05, 0.1) is 6.20 Å². The van der Waals surface area contributed by atoms with Crippen molar-refractivity contribution in [3.63, 3.8) is 0 Å². The van der Waals surface area contributed by atoms with Crippen molar-refractivity contribution in [2.45, 2.75) is 26.3 Å². The van der Waals surface area contributed by atoms with Crippen LogP contribution in [0.4, 0.5) is 0 Å². The Morgan fingerprint density at radius 1 is 1.73 bits per heavy atom. The van der Waals surface area contributed by atoms with Crippen LogP contribution >= 0.6 is 0 Å². The molecule has 1 rings (SSSR count). The lowest BCUT2D eigenvalue weighted by Gasteiger charge is -2.06. The molecule has 0 saturated carbocycles. The summed E-state index contributed by atoms with van der Waals surface area (Å²) < 4.78 is 1.85. The van der Waals surface area contributed by atoms with Crippen molar-refractivity contribution in [2.24, 2.45) is 12.8 Å². The molecule has 3 nitrogen and oxygen atoms in total. The van der Waals surface area contributed by atoms with Gasteiger partial charge in [-0.05, 0) is 13.3 Å². The molecule has 0 bridgehead atoms. The standard InChI is InChI=1S/C8H15N3/c1-4-8(9)7-5-10-11(3)6(7)2/h5,8H,4,9H2,1-3H3/t8-/m1/s1. The predicted octanol–water partition coefficient (Wildman–Crippen LogP) is 1.14. The Hall–Kier alpha value is -0.830. The minimum atomic E-state index is 0.142. The van der Waals surface area contributed by atoms with Crippen molar-refractivity contribution < 1.29 is 0 Å². The number of hydrogen-bond donors (Lipinski definition) is 1. The predicted molar refractivity (Wildman–Crippen MR) is 45.2 cm³/mol. The van der Waals surface area contributed by atoms with Crippen molar-refractivity contribution in [2.75, 3.05) is 0 Å². The minimum absolute atomic E-state index is 0.142. The molecule has 0 aliphatic rings. The lowest BCUT2D eigenvalue weighted by molar-refractivity contribution is 0.684. The highest BCUT2D eigenvalue weighted by atomic mass is 15.3. The molecule has 1 heterocycles. The maximum atomic E-state index is 5.86. The highest BCUT2D eigenvalue weighted by molar-refractivity contribution is 5.19. The van der Waals surface area contributed by atoms with E-state index >= 15 is 0 Å². The topological polar surface area (TPSA) is 43.8 Å². The van der Waals surface area contributed by atoms with Gasteiger partial charge in [0.25, 0.3) is 0 Å². The van der Waals surface area contributed by atoms with Crippen LogP contribution in [0.15, 0.2) is 6.20 Å². The minimum Gasteiger partial charge on any atom is -0.324 e. The molecule has 62 valence electrons. The maximum absolute atomic E-state index is 5.86. The van der Waals surface area contributed by atoms with Gasteiger partial charge in [-0.15, -0.1) is 0 Å². The van der Waals surface area contributed by atoms with E-state index in [9.17, 15) is 0 Å². The first-order chi connectivity index (χ1) is 5.16. The van der Waals surface area contributed by atoms with Gasteiger partial charge in [0.15, 0.2) is 0 Å². The Bertz CT molecular complexity index is 239. The van der Waals surface area contributed by atoms with Crippen molar-refractivity contribution in [1.82, 2.24) is 9.78 Å². The average molecular weight is 153 g/mol. The summed E-state index contributed by atoms with van der Waals surface area (Å²) >= 11 is 0. The Kier molecular flexibility index (Phi) is 2.29. The van der Waals surface area contributed by atoms with Gasteiger partial charge in [0, 0.05) is 24.3 Å². The monoisotopic (exact) mass is 153 g/mol. The Morgan fingerprint density at radius 2 is 2.36 bits per heavy atom. The highest BCUT2D eigenvalue weighted by Gasteiger charge is 2.09. The van der Waals surface area contributed by atoms with Crippen LogP contribution in [0.25, 0.3) is 0 Å². The zero-order valence-corrected chi connectivity index (χ0v) is 7.33. The summed E-state index contributed by atoms with van der Waals surface area (Å²) in [7, 11) is 1.93. The molecule has 0 spiro atoms. The summed E-state index contributed by atoms with van der Waals surface area (Å²) in [6.07, 6.45) is 2.82. The fraction of sp³-hybridized carbons (Fsp3) is 0.625. The summed E-state index contributed by atoms with van der Waals surface area (Å²) in [5.74, 6) is 0. The van der Waals surface area contributed by atoms with E-state index < -0.39 is 0 Å². The quantitative estimate of drug-likeness (QED) is 0.692. The molecule has 0 radical (unpaired) electrons. The number of aryl methyl sites for hydroxylation is 1. The second kappa shape index (κ2) is 3.05. The molecule has 1 atom stereocenters. The normalized spacial score (nSPS) is 13.5. The smallest absolute Gasteiger partial charge is 0.0540 e. The molecule has 3 heteroatoms. The van der Waals surface area contributed by atoms with Gasteiger partial charge >= 0.3 is 0 Å². The first-order valence-corrected chi connectivity index (χ1v) is 3.91. The number of rotatable bonds is 2. The first kappa shape index (κ1) is 8.27. The number of aromatic nitrogens is 2. The van der Waals surface area contributed by atoms with E-state index in [1.54, 1.807) is 0 Å². The fourth-order valence-corrected chi connectivity index (χ4v) is 1.10. The van der Waals surface area contributed by atoms with E-state index in [-0.39, 0.29) is 6.04 Å². The lowest BCUT2D eigenvalue weighted by atomic mass is 10.1. The number of nitrogens with zero attached hydrogens (tertiary/aromatic N) is 2. The molecule has 11 heavy (non-hydrogen) atoms. The van der Waals surface area contributed by atoms with Gasteiger partial charge in [-0.3, -0.25) is 4.68 Å². The van der Waals surface area contributed by atoms with Crippen LogP contribution in [0.2, 0.25) is 0 Å². The van der Waals surface area contributed by atoms with E-state index in [4.69, 9.17) is 5.73 Å². The molecule has 1 aromatic rings. The van der Waals surface area contributed by atoms with Crippen LogP contribution < -0.4 is 5.73 Å². The zero-order valence-electron chi connectivity index (χ0n) is 7.33. The van der Waals surface area contributed by atoms with Crippen LogP contribution in [-0.4, -0.2) is 9.78 Å². The SMILES string of the molecule is CC[C@@H](N)c1cnn(C)c1C. The highest BCUT2D eigenvalue weighted by Crippen LogP contribution is 2.16. The largest absolute Gasteiger partial charge is 0.324 e. The van der Waals surface area contributed by atoms with Crippen LogP contribution in [0.3, 0.4) is 0 Å². The summed E-state index contributed by atoms with van der Waals surface area (Å²) in [6.45, 7) is 4.12. The van der Waals surface area contributed by atoms with Gasteiger partial charge in [-0.25, -0.2) is 0 Å². The van der Waals surface area contributed by atoms with Gasteiger partial charge in [-0.1, -0.05) is 6.92 Å². The molecule has 0 aromatic carbocycles. The molecule has 0 saturated heterocycles. The van der Waals surface area contributed by atoms with Gasteiger partial charge in [0.2, 0.25) is 0 Å². The van der Waals surface area contributed by atoms with Crippen molar-refractivity contribution in [3.05, 3.63) is 17.5 Å². The van der Waals surface area contributed by atoms with E-state index in [1.165, 1.54) is 5.69 Å². The third-order valence-electron chi connectivity index (χ3n) is 2.11. The van der Waals surface area contributed by atoms with E-state index in [2.05, 4.69) is 12.0 Å². The first-order valence-electron chi connectivity index (χ1n) is 3.91. The van der Waals surface area contributed by atoms with Crippen LogP contribution in [-0.2, 0) is 7.05 Å².